The fraction of sp³-hybridized carbons (Fsp3) is 0.938. The standard InChI is InChI=1S/C16H30N2O/c1-13-9-10-15(17-2)16(19)18(11-13)12-14-7-5-3-4-6-8-14/h13-15,17H,3-12H2,1-2H3. The molecule has 1 aliphatic carbocycles. The molecule has 2 rings (SSSR count). The first kappa shape index (κ1) is 14.8. The van der Waals surface area contributed by atoms with Gasteiger partial charge >= 0.3 is 0 Å². The molecule has 110 valence electrons. The number of nitrogens with zero attached hydrogens (tertiary/aromatic N) is 1. The van der Waals surface area contributed by atoms with Crippen molar-refractivity contribution in [2.45, 2.75) is 64.3 Å². The average molecular weight is 266 g/mol. The van der Waals surface area contributed by atoms with Crippen LogP contribution in [0.1, 0.15) is 58.3 Å². The summed E-state index contributed by atoms with van der Waals surface area (Å²) in [5.74, 6) is 1.73. The van der Waals surface area contributed by atoms with E-state index in [1.807, 2.05) is 7.05 Å². The number of carbonyl (C=O) groups is 1. The van der Waals surface area contributed by atoms with Crippen molar-refractivity contribution in [1.82, 2.24) is 10.2 Å². The molecule has 1 amide bonds. The lowest BCUT2D eigenvalue weighted by molar-refractivity contribution is -0.133. The highest BCUT2D eigenvalue weighted by Gasteiger charge is 2.29. The van der Waals surface area contributed by atoms with E-state index in [4.69, 9.17) is 0 Å². The van der Waals surface area contributed by atoms with Gasteiger partial charge in [-0.15, -0.1) is 0 Å². The number of amides is 1. The largest absolute Gasteiger partial charge is 0.341 e. The zero-order valence-electron chi connectivity index (χ0n) is 12.7. The molecule has 2 unspecified atom stereocenters. The molecular formula is C16H30N2O. The Bertz CT molecular complexity index is 284. The van der Waals surface area contributed by atoms with Crippen LogP contribution in [0.4, 0.5) is 0 Å². The maximum atomic E-state index is 12.5. The topological polar surface area (TPSA) is 32.3 Å². The van der Waals surface area contributed by atoms with Crippen molar-refractivity contribution in [2.75, 3.05) is 20.1 Å². The summed E-state index contributed by atoms with van der Waals surface area (Å²) in [5, 5.41) is 3.20. The van der Waals surface area contributed by atoms with Crippen molar-refractivity contribution >= 4 is 5.91 Å². The Labute approximate surface area is 118 Å². The first-order chi connectivity index (χ1) is 9.20. The molecule has 1 N–H and O–H groups in total. The van der Waals surface area contributed by atoms with Gasteiger partial charge in [0.2, 0.25) is 5.91 Å². The second kappa shape index (κ2) is 7.28. The van der Waals surface area contributed by atoms with Crippen LogP contribution < -0.4 is 5.32 Å². The molecule has 1 saturated carbocycles. The molecule has 0 radical (unpaired) electrons. The smallest absolute Gasteiger partial charge is 0.239 e. The van der Waals surface area contributed by atoms with Crippen molar-refractivity contribution < 1.29 is 4.79 Å². The predicted octanol–water partition coefficient (Wildman–Crippen LogP) is 2.80. The van der Waals surface area contributed by atoms with Crippen LogP contribution in [-0.4, -0.2) is 37.0 Å². The third kappa shape index (κ3) is 4.20. The summed E-state index contributed by atoms with van der Waals surface area (Å²) in [7, 11) is 1.92. The van der Waals surface area contributed by atoms with Gasteiger partial charge in [0.15, 0.2) is 0 Å². The lowest BCUT2D eigenvalue weighted by Crippen LogP contribution is -2.46. The zero-order valence-corrected chi connectivity index (χ0v) is 12.7. The molecule has 0 aromatic rings. The average Bonchev–Trinajstić information content (AvgIpc) is 2.72. The second-order valence-electron chi connectivity index (χ2n) is 6.62. The summed E-state index contributed by atoms with van der Waals surface area (Å²) in [5.41, 5.74) is 0. The van der Waals surface area contributed by atoms with Crippen LogP contribution in [-0.2, 0) is 4.79 Å². The minimum Gasteiger partial charge on any atom is -0.341 e. The van der Waals surface area contributed by atoms with Crippen molar-refractivity contribution in [3.05, 3.63) is 0 Å². The lowest BCUT2D eigenvalue weighted by Gasteiger charge is -2.29. The second-order valence-corrected chi connectivity index (χ2v) is 6.62. The molecule has 1 heterocycles. The van der Waals surface area contributed by atoms with E-state index in [1.54, 1.807) is 0 Å². The summed E-state index contributed by atoms with van der Waals surface area (Å²) in [4.78, 5) is 14.7. The number of hydrogen-bond donors (Lipinski definition) is 1. The zero-order chi connectivity index (χ0) is 13.7. The number of hydrogen-bond acceptors (Lipinski definition) is 2. The van der Waals surface area contributed by atoms with Crippen LogP contribution in [0.2, 0.25) is 0 Å². The highest BCUT2D eigenvalue weighted by molar-refractivity contribution is 5.82. The number of nitrogens with one attached hydrogen (secondary N) is 1. The Kier molecular flexibility index (Phi) is 5.68. The quantitative estimate of drug-likeness (QED) is 0.797. The van der Waals surface area contributed by atoms with Crippen molar-refractivity contribution in [1.29, 1.82) is 0 Å². The van der Waals surface area contributed by atoms with Gasteiger partial charge in [-0.25, -0.2) is 0 Å². The van der Waals surface area contributed by atoms with Crippen LogP contribution >= 0.6 is 0 Å². The summed E-state index contributed by atoms with van der Waals surface area (Å²) in [6.45, 7) is 4.25. The molecule has 2 aliphatic rings. The van der Waals surface area contributed by atoms with Gasteiger partial charge in [0.25, 0.3) is 0 Å². The third-order valence-corrected chi connectivity index (χ3v) is 4.89. The molecule has 0 aromatic carbocycles. The SMILES string of the molecule is CNC1CCC(C)CN(CC2CCCCCC2)C1=O. The number of carbonyl (C=O) groups excluding carboxylic acids is 1. The normalized spacial score (nSPS) is 31.1. The Hall–Kier alpha value is -0.570. The highest BCUT2D eigenvalue weighted by Crippen LogP contribution is 2.26. The maximum Gasteiger partial charge on any atom is 0.239 e. The fourth-order valence-corrected chi connectivity index (χ4v) is 3.64. The first-order valence-corrected chi connectivity index (χ1v) is 8.16. The number of likely N-dealkylation sites (N-methyl/N-ethyl adjacent to an activating group) is 1. The summed E-state index contributed by atoms with van der Waals surface area (Å²) in [6.07, 6.45) is 10.3. The van der Waals surface area contributed by atoms with E-state index in [-0.39, 0.29) is 6.04 Å². The Morgan fingerprint density at radius 1 is 1.11 bits per heavy atom. The molecule has 3 heteroatoms. The van der Waals surface area contributed by atoms with Gasteiger partial charge in [-0.1, -0.05) is 32.6 Å². The van der Waals surface area contributed by atoms with E-state index >= 15 is 0 Å². The fourth-order valence-electron chi connectivity index (χ4n) is 3.64. The molecule has 2 atom stereocenters. The molecular weight excluding hydrogens is 236 g/mol. The first-order valence-electron chi connectivity index (χ1n) is 8.16. The Morgan fingerprint density at radius 3 is 2.42 bits per heavy atom. The van der Waals surface area contributed by atoms with E-state index in [0.717, 1.165) is 25.4 Å². The lowest BCUT2D eigenvalue weighted by atomic mass is 9.99. The van der Waals surface area contributed by atoms with Crippen LogP contribution in [0, 0.1) is 11.8 Å². The summed E-state index contributed by atoms with van der Waals surface area (Å²) >= 11 is 0. The van der Waals surface area contributed by atoms with Gasteiger partial charge in [-0.05, 0) is 44.6 Å². The van der Waals surface area contributed by atoms with Crippen LogP contribution in [0.5, 0.6) is 0 Å². The predicted molar refractivity (Wildman–Crippen MR) is 79.0 cm³/mol. The van der Waals surface area contributed by atoms with E-state index in [0.29, 0.717) is 11.8 Å². The molecule has 0 spiro atoms. The molecule has 0 bridgehead atoms. The monoisotopic (exact) mass is 266 g/mol. The molecule has 3 nitrogen and oxygen atoms in total. The minimum absolute atomic E-state index is 0.0516. The van der Waals surface area contributed by atoms with Crippen molar-refractivity contribution in [2.24, 2.45) is 11.8 Å². The van der Waals surface area contributed by atoms with Gasteiger partial charge in [-0.2, -0.15) is 0 Å². The van der Waals surface area contributed by atoms with Crippen molar-refractivity contribution in [3.63, 3.8) is 0 Å². The van der Waals surface area contributed by atoms with E-state index in [9.17, 15) is 4.79 Å². The van der Waals surface area contributed by atoms with E-state index in [1.165, 1.54) is 44.9 Å². The molecule has 1 aliphatic heterocycles. The van der Waals surface area contributed by atoms with Crippen LogP contribution in [0.3, 0.4) is 0 Å². The number of likely N-dealkylation sites (tertiary alicyclic amines) is 1. The van der Waals surface area contributed by atoms with Crippen molar-refractivity contribution in [3.8, 4) is 0 Å². The van der Waals surface area contributed by atoms with Gasteiger partial charge in [0.05, 0.1) is 6.04 Å². The Balaban J connectivity index is 1.96. The molecule has 2 fully saturated rings. The van der Waals surface area contributed by atoms with E-state index in [2.05, 4.69) is 17.1 Å². The third-order valence-electron chi connectivity index (χ3n) is 4.89. The van der Waals surface area contributed by atoms with Gasteiger partial charge in [-0.3, -0.25) is 4.79 Å². The van der Waals surface area contributed by atoms with Gasteiger partial charge in [0, 0.05) is 13.1 Å². The molecule has 19 heavy (non-hydrogen) atoms. The van der Waals surface area contributed by atoms with Gasteiger partial charge in [0.1, 0.15) is 0 Å². The minimum atomic E-state index is 0.0516. The van der Waals surface area contributed by atoms with Crippen LogP contribution in [0.15, 0.2) is 0 Å². The molecule has 1 saturated heterocycles. The van der Waals surface area contributed by atoms with E-state index < -0.39 is 0 Å². The number of rotatable bonds is 3. The molecule has 0 aromatic heterocycles. The van der Waals surface area contributed by atoms with Crippen LogP contribution in [0.25, 0.3) is 0 Å². The maximum absolute atomic E-state index is 12.5. The Morgan fingerprint density at radius 2 is 1.79 bits per heavy atom. The summed E-state index contributed by atoms with van der Waals surface area (Å²) in [6, 6.07) is 0.0516. The summed E-state index contributed by atoms with van der Waals surface area (Å²) < 4.78 is 0. The highest BCUT2D eigenvalue weighted by atomic mass is 16.2. The van der Waals surface area contributed by atoms with Gasteiger partial charge < -0.3 is 10.2 Å².